The van der Waals surface area contributed by atoms with Gasteiger partial charge in [0.05, 0.1) is 17.9 Å². The number of nitrogens with two attached hydrogens (primary N) is 1. The van der Waals surface area contributed by atoms with E-state index in [1.165, 1.54) is 6.07 Å². The molecule has 0 aliphatic carbocycles. The Morgan fingerprint density at radius 2 is 2.18 bits per heavy atom. The number of benzene rings is 1. The molecule has 7 nitrogen and oxygen atoms in total. The summed E-state index contributed by atoms with van der Waals surface area (Å²) in [6.45, 7) is 6.14. The van der Waals surface area contributed by atoms with E-state index in [4.69, 9.17) is 15.6 Å². The number of carbonyl (C=O) groups is 2. The van der Waals surface area contributed by atoms with Crippen molar-refractivity contribution in [3.63, 3.8) is 0 Å². The van der Waals surface area contributed by atoms with E-state index in [-0.39, 0.29) is 30.7 Å². The minimum Gasteiger partial charge on any atom is -0.483 e. The van der Waals surface area contributed by atoms with Crippen LogP contribution in [0.1, 0.15) is 49.3 Å². The van der Waals surface area contributed by atoms with E-state index in [0.29, 0.717) is 18.5 Å². The van der Waals surface area contributed by atoms with Crippen molar-refractivity contribution in [2.45, 2.75) is 44.7 Å². The monoisotopic (exact) mass is 454 g/mol. The highest BCUT2D eigenvalue weighted by atomic mass is 19.1. The van der Waals surface area contributed by atoms with Gasteiger partial charge in [0.2, 0.25) is 5.91 Å². The summed E-state index contributed by atoms with van der Waals surface area (Å²) in [5.74, 6) is 0.472. The maximum Gasteiger partial charge on any atom is 0.290 e. The van der Waals surface area contributed by atoms with E-state index in [9.17, 15) is 9.18 Å². The van der Waals surface area contributed by atoms with Gasteiger partial charge in [0.25, 0.3) is 6.47 Å². The number of H-pyrrole nitrogens is 1. The number of nitrogens with one attached hydrogen (secondary N) is 1. The van der Waals surface area contributed by atoms with Crippen molar-refractivity contribution in [2.75, 3.05) is 6.54 Å². The standard InChI is InChI=1S/C24H29FN4O.CH2O2/c1-3-8-17(9-4-2)21-16-27-24(28-21)22-12-7-13-29(22)23(30)15-19(26)14-18-10-5-6-11-20(18)25;2-1-3/h3-6,8-11,16,19,22H,1,7,12-15,26H2,2H3,(H,27,28);1H,(H,2,3). The summed E-state index contributed by atoms with van der Waals surface area (Å²) < 4.78 is 13.9. The van der Waals surface area contributed by atoms with Crippen LogP contribution >= 0.6 is 0 Å². The Morgan fingerprint density at radius 1 is 1.45 bits per heavy atom. The molecular formula is C25H31FN4O3. The second-order valence-corrected chi connectivity index (χ2v) is 7.65. The number of rotatable bonds is 8. The van der Waals surface area contributed by atoms with Crippen LogP contribution in [-0.2, 0) is 16.0 Å². The largest absolute Gasteiger partial charge is 0.483 e. The molecule has 2 heterocycles. The lowest BCUT2D eigenvalue weighted by Crippen LogP contribution is -2.36. The molecule has 2 atom stereocenters. The number of carbonyl (C=O) groups excluding carboxylic acids is 1. The Balaban J connectivity index is 0.00000122. The highest BCUT2D eigenvalue weighted by Crippen LogP contribution is 2.31. The third-order valence-electron chi connectivity index (χ3n) is 5.32. The number of nitrogens with zero attached hydrogens (tertiary/aromatic N) is 2. The summed E-state index contributed by atoms with van der Waals surface area (Å²) in [4.78, 5) is 31.0. The number of halogens is 1. The molecule has 1 aliphatic rings. The van der Waals surface area contributed by atoms with Crippen molar-refractivity contribution >= 4 is 18.0 Å². The second-order valence-electron chi connectivity index (χ2n) is 7.65. The zero-order valence-corrected chi connectivity index (χ0v) is 18.8. The van der Waals surface area contributed by atoms with Gasteiger partial charge >= 0.3 is 0 Å². The minimum absolute atomic E-state index is 0.0189. The third-order valence-corrected chi connectivity index (χ3v) is 5.32. The summed E-state index contributed by atoms with van der Waals surface area (Å²) in [7, 11) is 0. The van der Waals surface area contributed by atoms with Gasteiger partial charge in [0, 0.05) is 19.0 Å². The van der Waals surface area contributed by atoms with Crippen LogP contribution in [0.25, 0.3) is 5.57 Å². The van der Waals surface area contributed by atoms with Gasteiger partial charge in [0.1, 0.15) is 11.6 Å². The summed E-state index contributed by atoms with van der Waals surface area (Å²) in [6.07, 6.45) is 11.7. The summed E-state index contributed by atoms with van der Waals surface area (Å²) >= 11 is 0. The number of carboxylic acid groups (broad SMARTS) is 1. The van der Waals surface area contributed by atoms with Crippen molar-refractivity contribution in [3.05, 3.63) is 84.2 Å². The SMILES string of the molecule is C=CC=C(C=CC)c1cnc(C2CCCN2C(=O)CC(N)Cc2ccccc2F)[nH]1.O=CO. The molecule has 0 radical (unpaired) electrons. The maximum atomic E-state index is 13.9. The molecule has 1 fully saturated rings. The number of aromatic amines is 1. The van der Waals surface area contributed by atoms with Crippen LogP contribution < -0.4 is 5.73 Å². The Hall–Kier alpha value is -3.52. The van der Waals surface area contributed by atoms with Gasteiger partial charge in [-0.25, -0.2) is 9.37 Å². The minimum atomic E-state index is -0.431. The van der Waals surface area contributed by atoms with Crippen LogP contribution in [0.3, 0.4) is 0 Å². The molecule has 33 heavy (non-hydrogen) atoms. The zero-order chi connectivity index (χ0) is 24.2. The second kappa shape index (κ2) is 13.1. The van der Waals surface area contributed by atoms with E-state index in [1.807, 2.05) is 30.1 Å². The van der Waals surface area contributed by atoms with Gasteiger partial charge in [0.15, 0.2) is 0 Å². The lowest BCUT2D eigenvalue weighted by molar-refractivity contribution is -0.132. The molecule has 4 N–H and O–H groups in total. The molecule has 1 aromatic heterocycles. The van der Waals surface area contributed by atoms with Crippen LogP contribution in [0.2, 0.25) is 0 Å². The van der Waals surface area contributed by atoms with Crippen molar-refractivity contribution in [1.82, 2.24) is 14.9 Å². The number of allylic oxidation sites excluding steroid dienone is 5. The lowest BCUT2D eigenvalue weighted by Gasteiger charge is -2.25. The van der Waals surface area contributed by atoms with Crippen molar-refractivity contribution in [1.29, 1.82) is 0 Å². The summed E-state index contributed by atoms with van der Waals surface area (Å²) in [5.41, 5.74) is 8.58. The van der Waals surface area contributed by atoms with Gasteiger partial charge in [-0.1, -0.05) is 49.1 Å². The zero-order valence-electron chi connectivity index (χ0n) is 18.8. The first kappa shape index (κ1) is 25.7. The normalized spacial score (nSPS) is 16.9. The molecule has 176 valence electrons. The van der Waals surface area contributed by atoms with Crippen molar-refractivity contribution in [3.8, 4) is 0 Å². The fourth-order valence-corrected chi connectivity index (χ4v) is 3.90. The molecule has 2 unspecified atom stereocenters. The Kier molecular flexibility index (Phi) is 10.2. The van der Waals surface area contributed by atoms with Gasteiger partial charge in [-0.15, -0.1) is 0 Å². The molecule has 1 amide bonds. The van der Waals surface area contributed by atoms with E-state index in [0.717, 1.165) is 29.9 Å². The van der Waals surface area contributed by atoms with Crippen molar-refractivity contribution < 1.29 is 19.1 Å². The predicted octanol–water partition coefficient (Wildman–Crippen LogP) is 4.02. The predicted molar refractivity (Wildman–Crippen MR) is 127 cm³/mol. The number of hydrogen-bond acceptors (Lipinski definition) is 4. The third kappa shape index (κ3) is 7.25. The number of imidazole rings is 1. The number of aromatic nitrogens is 2. The van der Waals surface area contributed by atoms with Crippen LogP contribution in [0.4, 0.5) is 4.39 Å². The topological polar surface area (TPSA) is 112 Å². The van der Waals surface area contributed by atoms with E-state index >= 15 is 0 Å². The fraction of sp³-hybridized carbons (Fsp3) is 0.320. The molecule has 0 spiro atoms. The van der Waals surface area contributed by atoms with E-state index < -0.39 is 6.04 Å². The molecule has 0 saturated carbocycles. The first-order chi connectivity index (χ1) is 15.9. The average Bonchev–Trinajstić information content (AvgIpc) is 3.45. The average molecular weight is 455 g/mol. The van der Waals surface area contributed by atoms with Crippen LogP contribution in [0.15, 0.2) is 61.3 Å². The first-order valence-corrected chi connectivity index (χ1v) is 10.8. The van der Waals surface area contributed by atoms with Gasteiger partial charge < -0.3 is 20.7 Å². The first-order valence-electron chi connectivity index (χ1n) is 10.8. The fourth-order valence-electron chi connectivity index (χ4n) is 3.90. The van der Waals surface area contributed by atoms with Gasteiger partial charge in [-0.2, -0.15) is 0 Å². The Bertz CT molecular complexity index is 999. The highest BCUT2D eigenvalue weighted by molar-refractivity contribution is 5.78. The Labute approximate surface area is 193 Å². The van der Waals surface area contributed by atoms with Gasteiger partial charge in [-0.05, 0) is 43.4 Å². The van der Waals surface area contributed by atoms with Crippen LogP contribution in [0, 0.1) is 5.82 Å². The lowest BCUT2D eigenvalue weighted by atomic mass is 10.0. The number of amides is 1. The number of likely N-dealkylation sites (tertiary alicyclic amines) is 1. The maximum absolute atomic E-state index is 13.9. The van der Waals surface area contributed by atoms with Crippen LogP contribution in [0.5, 0.6) is 0 Å². The quantitative estimate of drug-likeness (QED) is 0.412. The number of hydrogen-bond donors (Lipinski definition) is 3. The molecule has 8 heteroatoms. The summed E-state index contributed by atoms with van der Waals surface area (Å²) in [5, 5.41) is 6.89. The molecule has 2 aromatic rings. The van der Waals surface area contributed by atoms with Crippen LogP contribution in [-0.4, -0.2) is 44.9 Å². The van der Waals surface area contributed by atoms with Gasteiger partial charge in [-0.3, -0.25) is 9.59 Å². The van der Waals surface area contributed by atoms with E-state index in [2.05, 4.69) is 16.5 Å². The molecule has 1 aromatic carbocycles. The molecular weight excluding hydrogens is 423 g/mol. The van der Waals surface area contributed by atoms with E-state index in [1.54, 1.807) is 30.5 Å². The molecule has 1 saturated heterocycles. The molecule has 0 bridgehead atoms. The van der Waals surface area contributed by atoms with Crippen molar-refractivity contribution in [2.24, 2.45) is 5.73 Å². The Morgan fingerprint density at radius 3 is 2.85 bits per heavy atom. The summed E-state index contributed by atoms with van der Waals surface area (Å²) in [6, 6.07) is 6.02. The molecule has 3 rings (SSSR count). The smallest absolute Gasteiger partial charge is 0.290 e. The molecule has 1 aliphatic heterocycles. The highest BCUT2D eigenvalue weighted by Gasteiger charge is 2.32.